The van der Waals surface area contributed by atoms with Crippen molar-refractivity contribution in [3.05, 3.63) is 0 Å². The van der Waals surface area contributed by atoms with Crippen LogP contribution in [0.15, 0.2) is 0 Å². The van der Waals surface area contributed by atoms with Gasteiger partial charge in [-0.15, -0.1) is 0 Å². The Balaban J connectivity index is 2.69. The molecule has 0 radical (unpaired) electrons. The highest BCUT2D eigenvalue weighted by Crippen LogP contribution is 2.00. The summed E-state index contributed by atoms with van der Waals surface area (Å²) in [6.07, 6.45) is 1.27. The lowest BCUT2D eigenvalue weighted by molar-refractivity contribution is 0.218. The number of ether oxygens (including phenoxy) is 1. The zero-order valence-corrected chi connectivity index (χ0v) is 8.38. The lowest BCUT2D eigenvalue weighted by Crippen LogP contribution is -2.14. The van der Waals surface area contributed by atoms with Crippen LogP contribution in [0.1, 0.15) is 13.3 Å². The molecule has 0 aliphatic rings. The third kappa shape index (κ3) is 10.3. The molecule has 0 saturated carbocycles. The largest absolute Gasteiger partial charge is 0.384 e. The number of hydrogen-bond acceptors (Lipinski definition) is 3. The van der Waals surface area contributed by atoms with E-state index in [2.05, 4.69) is 12.2 Å². The van der Waals surface area contributed by atoms with E-state index in [1.165, 1.54) is 12.2 Å². The third-order valence-electron chi connectivity index (χ3n) is 1.32. The summed E-state index contributed by atoms with van der Waals surface area (Å²) in [7, 11) is 1.75. The van der Waals surface area contributed by atoms with Crippen LogP contribution in [-0.2, 0) is 4.74 Å². The molecule has 11 heavy (non-hydrogen) atoms. The average molecular weight is 177 g/mol. The van der Waals surface area contributed by atoms with Gasteiger partial charge in [0.1, 0.15) is 0 Å². The summed E-state index contributed by atoms with van der Waals surface area (Å²) in [5.41, 5.74) is 0. The second-order valence-corrected chi connectivity index (χ2v) is 3.54. The van der Waals surface area contributed by atoms with Crippen molar-refractivity contribution in [3.8, 4) is 0 Å². The van der Waals surface area contributed by atoms with Gasteiger partial charge < -0.3 is 10.1 Å². The molecular weight excluding hydrogens is 158 g/mol. The minimum Gasteiger partial charge on any atom is -0.384 e. The number of nitrogens with one attached hydrogen (secondary N) is 1. The second-order valence-electron chi connectivity index (χ2n) is 2.31. The SMILES string of the molecule is CCNCCCSCCOC. The molecule has 0 unspecified atom stereocenters. The Labute approximate surface area is 74.1 Å². The van der Waals surface area contributed by atoms with Crippen LogP contribution in [0.2, 0.25) is 0 Å². The molecule has 0 bridgehead atoms. The molecular formula is C8H19NOS. The van der Waals surface area contributed by atoms with E-state index in [1.54, 1.807) is 7.11 Å². The van der Waals surface area contributed by atoms with E-state index in [4.69, 9.17) is 4.74 Å². The van der Waals surface area contributed by atoms with Crippen molar-refractivity contribution in [3.63, 3.8) is 0 Å². The van der Waals surface area contributed by atoms with Crippen LogP contribution < -0.4 is 5.32 Å². The number of methoxy groups -OCH3 is 1. The summed E-state index contributed by atoms with van der Waals surface area (Å²) in [5.74, 6) is 2.37. The van der Waals surface area contributed by atoms with Gasteiger partial charge in [-0.05, 0) is 25.3 Å². The van der Waals surface area contributed by atoms with Gasteiger partial charge in [-0.1, -0.05) is 6.92 Å². The van der Waals surface area contributed by atoms with Crippen LogP contribution >= 0.6 is 11.8 Å². The van der Waals surface area contributed by atoms with E-state index in [9.17, 15) is 0 Å². The van der Waals surface area contributed by atoms with Gasteiger partial charge in [-0.25, -0.2) is 0 Å². The molecule has 0 aliphatic heterocycles. The van der Waals surface area contributed by atoms with Gasteiger partial charge in [0.15, 0.2) is 0 Å². The van der Waals surface area contributed by atoms with Crippen molar-refractivity contribution in [2.24, 2.45) is 0 Å². The Morgan fingerprint density at radius 3 is 2.82 bits per heavy atom. The van der Waals surface area contributed by atoms with E-state index in [-0.39, 0.29) is 0 Å². The molecule has 68 valence electrons. The van der Waals surface area contributed by atoms with Crippen molar-refractivity contribution < 1.29 is 4.74 Å². The molecule has 0 aromatic carbocycles. The van der Waals surface area contributed by atoms with Gasteiger partial charge in [0.05, 0.1) is 6.61 Å². The predicted octanol–water partition coefficient (Wildman–Crippen LogP) is 1.37. The minimum absolute atomic E-state index is 0.881. The molecule has 2 nitrogen and oxygen atoms in total. The molecule has 3 heteroatoms. The smallest absolute Gasteiger partial charge is 0.0552 e. The van der Waals surface area contributed by atoms with Gasteiger partial charge >= 0.3 is 0 Å². The number of thioether (sulfide) groups is 1. The second kappa shape index (κ2) is 10.3. The summed E-state index contributed by atoms with van der Waals surface area (Å²) in [6, 6.07) is 0. The Morgan fingerprint density at radius 1 is 1.36 bits per heavy atom. The van der Waals surface area contributed by atoms with Crippen LogP contribution in [0.3, 0.4) is 0 Å². The van der Waals surface area contributed by atoms with Gasteiger partial charge in [-0.2, -0.15) is 11.8 Å². The summed E-state index contributed by atoms with van der Waals surface area (Å²) >= 11 is 1.96. The number of rotatable bonds is 8. The fourth-order valence-corrected chi connectivity index (χ4v) is 1.56. The highest BCUT2D eigenvalue weighted by atomic mass is 32.2. The minimum atomic E-state index is 0.881. The Bertz CT molecular complexity index is 63.1. The molecule has 0 amide bonds. The lowest BCUT2D eigenvalue weighted by Gasteiger charge is -2.01. The maximum absolute atomic E-state index is 4.93. The maximum atomic E-state index is 4.93. The molecule has 0 aromatic heterocycles. The molecule has 0 heterocycles. The zero-order chi connectivity index (χ0) is 8.36. The summed E-state index contributed by atoms with van der Waals surface area (Å²) in [6.45, 7) is 5.25. The van der Waals surface area contributed by atoms with Gasteiger partial charge in [0.2, 0.25) is 0 Å². The van der Waals surface area contributed by atoms with Crippen LogP contribution in [0.5, 0.6) is 0 Å². The van der Waals surface area contributed by atoms with Crippen molar-refractivity contribution in [2.45, 2.75) is 13.3 Å². The van der Waals surface area contributed by atoms with Gasteiger partial charge in [-0.3, -0.25) is 0 Å². The van der Waals surface area contributed by atoms with E-state index in [1.807, 2.05) is 11.8 Å². The highest BCUT2D eigenvalue weighted by molar-refractivity contribution is 7.99. The van der Waals surface area contributed by atoms with Gasteiger partial charge in [0, 0.05) is 12.9 Å². The van der Waals surface area contributed by atoms with Crippen molar-refractivity contribution >= 4 is 11.8 Å². The number of hydrogen-bond donors (Lipinski definition) is 1. The van der Waals surface area contributed by atoms with Crippen LogP contribution in [0.4, 0.5) is 0 Å². The first-order valence-corrected chi connectivity index (χ1v) is 5.34. The average Bonchev–Trinajstić information content (AvgIpc) is 2.03. The van der Waals surface area contributed by atoms with Crippen molar-refractivity contribution in [1.82, 2.24) is 5.32 Å². The first kappa shape index (κ1) is 11.3. The Kier molecular flexibility index (Phi) is 10.5. The first-order valence-electron chi connectivity index (χ1n) is 4.19. The topological polar surface area (TPSA) is 21.3 Å². The Morgan fingerprint density at radius 2 is 2.18 bits per heavy atom. The van der Waals surface area contributed by atoms with E-state index in [0.29, 0.717) is 0 Å². The zero-order valence-electron chi connectivity index (χ0n) is 7.56. The van der Waals surface area contributed by atoms with Crippen molar-refractivity contribution in [1.29, 1.82) is 0 Å². The standard InChI is InChI=1S/C8H19NOS/c1-3-9-5-4-7-11-8-6-10-2/h9H,3-8H2,1-2H3. The lowest BCUT2D eigenvalue weighted by atomic mass is 10.5. The molecule has 0 aromatic rings. The fraction of sp³-hybridized carbons (Fsp3) is 1.00. The van der Waals surface area contributed by atoms with Crippen LogP contribution in [0, 0.1) is 0 Å². The monoisotopic (exact) mass is 177 g/mol. The fourth-order valence-electron chi connectivity index (χ4n) is 0.720. The maximum Gasteiger partial charge on any atom is 0.0552 e. The highest BCUT2D eigenvalue weighted by Gasteiger charge is 1.88. The quantitative estimate of drug-likeness (QED) is 0.566. The Hall–Kier alpha value is 0.270. The molecule has 0 saturated heterocycles. The summed E-state index contributed by atoms with van der Waals surface area (Å²) in [5, 5.41) is 3.29. The predicted molar refractivity (Wildman–Crippen MR) is 52.4 cm³/mol. The first-order chi connectivity index (χ1) is 5.41. The van der Waals surface area contributed by atoms with E-state index in [0.717, 1.165) is 25.4 Å². The normalized spacial score (nSPS) is 10.4. The van der Waals surface area contributed by atoms with Gasteiger partial charge in [0.25, 0.3) is 0 Å². The van der Waals surface area contributed by atoms with Crippen LogP contribution in [-0.4, -0.2) is 38.3 Å². The molecule has 0 fully saturated rings. The summed E-state index contributed by atoms with van der Waals surface area (Å²) < 4.78 is 4.93. The molecule has 0 aliphatic carbocycles. The molecule has 1 N–H and O–H groups in total. The van der Waals surface area contributed by atoms with E-state index >= 15 is 0 Å². The van der Waals surface area contributed by atoms with Crippen molar-refractivity contribution in [2.75, 3.05) is 38.3 Å². The molecule has 0 spiro atoms. The summed E-state index contributed by atoms with van der Waals surface area (Å²) in [4.78, 5) is 0. The van der Waals surface area contributed by atoms with E-state index < -0.39 is 0 Å². The van der Waals surface area contributed by atoms with Crippen LogP contribution in [0.25, 0.3) is 0 Å². The molecule has 0 atom stereocenters. The third-order valence-corrected chi connectivity index (χ3v) is 2.36. The molecule has 0 rings (SSSR count).